The first-order valence-electron chi connectivity index (χ1n) is 8.17. The van der Waals surface area contributed by atoms with Crippen molar-refractivity contribution in [3.63, 3.8) is 0 Å². The number of amides is 1. The predicted octanol–water partition coefficient (Wildman–Crippen LogP) is 4.05. The molecule has 0 saturated carbocycles. The van der Waals surface area contributed by atoms with Crippen LogP contribution >= 0.6 is 11.6 Å². The molecule has 126 valence electrons. The van der Waals surface area contributed by atoms with Crippen molar-refractivity contribution in [3.05, 3.63) is 70.5 Å². The van der Waals surface area contributed by atoms with E-state index in [-0.39, 0.29) is 11.6 Å². The van der Waals surface area contributed by atoms with E-state index in [4.69, 9.17) is 11.6 Å². The Morgan fingerprint density at radius 3 is 2.58 bits per heavy atom. The van der Waals surface area contributed by atoms with Crippen molar-refractivity contribution in [3.8, 4) is 0 Å². The van der Waals surface area contributed by atoms with Crippen LogP contribution in [0, 0.1) is 5.82 Å². The minimum Gasteiger partial charge on any atom is -0.350 e. The van der Waals surface area contributed by atoms with Crippen LogP contribution < -0.4 is 5.32 Å². The quantitative estimate of drug-likeness (QED) is 0.886. The molecule has 1 aliphatic heterocycles. The average Bonchev–Trinajstić information content (AvgIpc) is 3.12. The number of hydrogen-bond acceptors (Lipinski definition) is 2. The summed E-state index contributed by atoms with van der Waals surface area (Å²) in [6.07, 6.45) is 2.33. The zero-order valence-electron chi connectivity index (χ0n) is 13.3. The summed E-state index contributed by atoms with van der Waals surface area (Å²) in [5.41, 5.74) is 1.14. The molecule has 1 heterocycles. The van der Waals surface area contributed by atoms with Crippen molar-refractivity contribution < 1.29 is 9.18 Å². The molecule has 0 aliphatic carbocycles. The number of benzene rings is 2. The number of nitrogens with zero attached hydrogens (tertiary/aromatic N) is 1. The second-order valence-corrected chi connectivity index (χ2v) is 6.44. The molecular weight excluding hydrogens is 327 g/mol. The van der Waals surface area contributed by atoms with E-state index in [2.05, 4.69) is 22.3 Å². The molecule has 1 N–H and O–H groups in total. The van der Waals surface area contributed by atoms with Crippen LogP contribution in [0.2, 0.25) is 5.02 Å². The van der Waals surface area contributed by atoms with Gasteiger partial charge in [-0.2, -0.15) is 0 Å². The van der Waals surface area contributed by atoms with E-state index in [1.165, 1.54) is 31.0 Å². The highest BCUT2D eigenvalue weighted by atomic mass is 35.5. The Kier molecular flexibility index (Phi) is 5.48. The Bertz CT molecular complexity index is 702. The van der Waals surface area contributed by atoms with Crippen LogP contribution in [0.4, 0.5) is 4.39 Å². The third-order valence-electron chi connectivity index (χ3n) is 4.39. The van der Waals surface area contributed by atoms with Gasteiger partial charge in [0.15, 0.2) is 0 Å². The molecule has 1 fully saturated rings. The first-order valence-corrected chi connectivity index (χ1v) is 8.55. The lowest BCUT2D eigenvalue weighted by atomic mass is 10.1. The number of carbonyl (C=O) groups is 1. The second-order valence-electron chi connectivity index (χ2n) is 6.00. The van der Waals surface area contributed by atoms with E-state index in [9.17, 15) is 9.18 Å². The number of rotatable bonds is 5. The minimum atomic E-state index is -0.561. The summed E-state index contributed by atoms with van der Waals surface area (Å²) in [5, 5.41) is 3.21. The molecule has 0 aromatic heterocycles. The van der Waals surface area contributed by atoms with Gasteiger partial charge in [0.05, 0.1) is 11.6 Å². The minimum absolute atomic E-state index is 0.0178. The molecule has 5 heteroatoms. The maximum absolute atomic E-state index is 13.8. The summed E-state index contributed by atoms with van der Waals surface area (Å²) in [5.74, 6) is -0.996. The monoisotopic (exact) mass is 346 g/mol. The van der Waals surface area contributed by atoms with Crippen molar-refractivity contribution in [1.82, 2.24) is 10.2 Å². The van der Waals surface area contributed by atoms with Gasteiger partial charge >= 0.3 is 0 Å². The van der Waals surface area contributed by atoms with Crippen molar-refractivity contribution in [1.29, 1.82) is 0 Å². The topological polar surface area (TPSA) is 32.3 Å². The summed E-state index contributed by atoms with van der Waals surface area (Å²) in [4.78, 5) is 14.7. The number of halogens is 2. The van der Waals surface area contributed by atoms with Crippen molar-refractivity contribution in [2.45, 2.75) is 18.9 Å². The smallest absolute Gasteiger partial charge is 0.254 e. The molecule has 1 aliphatic rings. The third-order valence-corrected chi connectivity index (χ3v) is 4.63. The van der Waals surface area contributed by atoms with E-state index >= 15 is 0 Å². The lowest BCUT2D eigenvalue weighted by molar-refractivity contribution is 0.0934. The number of nitrogens with one attached hydrogen (secondary N) is 1. The van der Waals surface area contributed by atoms with Gasteiger partial charge in [-0.1, -0.05) is 41.9 Å². The Labute approximate surface area is 146 Å². The Balaban J connectivity index is 1.73. The van der Waals surface area contributed by atoms with Gasteiger partial charge in [0.1, 0.15) is 5.82 Å². The third kappa shape index (κ3) is 3.94. The first kappa shape index (κ1) is 16.9. The number of hydrogen-bond donors (Lipinski definition) is 1. The fraction of sp³-hybridized carbons (Fsp3) is 0.316. The highest BCUT2D eigenvalue weighted by Gasteiger charge is 2.24. The molecule has 1 amide bonds. The highest BCUT2D eigenvalue weighted by Crippen LogP contribution is 2.24. The average molecular weight is 347 g/mol. The van der Waals surface area contributed by atoms with Crippen LogP contribution in [0.1, 0.15) is 34.8 Å². The summed E-state index contributed by atoms with van der Waals surface area (Å²) in [6, 6.07) is 14.2. The van der Waals surface area contributed by atoms with Crippen LogP contribution in [0.15, 0.2) is 48.5 Å². The highest BCUT2D eigenvalue weighted by molar-refractivity contribution is 6.31. The van der Waals surface area contributed by atoms with E-state index in [1.54, 1.807) is 0 Å². The Morgan fingerprint density at radius 1 is 1.17 bits per heavy atom. The van der Waals surface area contributed by atoms with Crippen molar-refractivity contribution in [2.75, 3.05) is 19.6 Å². The summed E-state index contributed by atoms with van der Waals surface area (Å²) >= 11 is 5.87. The Morgan fingerprint density at radius 2 is 1.88 bits per heavy atom. The lowest BCUT2D eigenvalue weighted by Crippen LogP contribution is -2.37. The molecule has 3 nitrogen and oxygen atoms in total. The van der Waals surface area contributed by atoms with E-state index in [1.807, 2.05) is 18.2 Å². The largest absolute Gasteiger partial charge is 0.350 e. The van der Waals surface area contributed by atoms with Gasteiger partial charge in [-0.3, -0.25) is 9.69 Å². The molecule has 0 bridgehead atoms. The number of likely N-dealkylation sites (tertiary alicyclic amines) is 1. The fourth-order valence-corrected chi connectivity index (χ4v) is 3.31. The molecule has 2 aromatic rings. The first-order chi connectivity index (χ1) is 11.6. The summed E-state index contributed by atoms with van der Waals surface area (Å²) in [6.45, 7) is 2.47. The van der Waals surface area contributed by atoms with Gasteiger partial charge in [0.25, 0.3) is 5.91 Å². The van der Waals surface area contributed by atoms with E-state index < -0.39 is 11.7 Å². The van der Waals surface area contributed by atoms with Gasteiger partial charge in [-0.15, -0.1) is 0 Å². The van der Waals surface area contributed by atoms with E-state index in [0.717, 1.165) is 18.7 Å². The predicted molar refractivity (Wildman–Crippen MR) is 93.7 cm³/mol. The fourth-order valence-electron chi connectivity index (χ4n) is 3.14. The summed E-state index contributed by atoms with van der Waals surface area (Å²) in [7, 11) is 0. The normalized spacial score (nSPS) is 16.1. The van der Waals surface area contributed by atoms with Gasteiger partial charge in [-0.25, -0.2) is 4.39 Å². The van der Waals surface area contributed by atoms with Gasteiger partial charge in [-0.05, 0) is 49.7 Å². The maximum Gasteiger partial charge on any atom is 0.254 e. The molecule has 24 heavy (non-hydrogen) atoms. The van der Waals surface area contributed by atoms with Gasteiger partial charge < -0.3 is 5.32 Å². The molecule has 2 aromatic carbocycles. The maximum atomic E-state index is 13.8. The zero-order chi connectivity index (χ0) is 16.9. The van der Waals surface area contributed by atoms with Crippen LogP contribution in [0.5, 0.6) is 0 Å². The molecule has 0 spiro atoms. The van der Waals surface area contributed by atoms with Gasteiger partial charge in [0, 0.05) is 11.6 Å². The second kappa shape index (κ2) is 7.77. The zero-order valence-corrected chi connectivity index (χ0v) is 14.1. The Hall–Kier alpha value is -1.91. The number of carbonyl (C=O) groups excluding carboxylic acids is 1. The standard InChI is InChI=1S/C19H20ClFN2O/c20-15-8-9-17(21)16(12-15)19(24)22-13-18(23-10-4-5-11-23)14-6-2-1-3-7-14/h1-3,6-9,12,18H,4-5,10-11,13H2,(H,22,24). The SMILES string of the molecule is O=C(NCC(c1ccccc1)N1CCCC1)c1cc(Cl)ccc1F. The van der Waals surface area contributed by atoms with Crippen LogP contribution in [0.25, 0.3) is 0 Å². The van der Waals surface area contributed by atoms with Crippen molar-refractivity contribution in [2.24, 2.45) is 0 Å². The van der Waals surface area contributed by atoms with E-state index in [0.29, 0.717) is 11.6 Å². The van der Waals surface area contributed by atoms with Crippen molar-refractivity contribution >= 4 is 17.5 Å². The van der Waals surface area contributed by atoms with Crippen LogP contribution in [0.3, 0.4) is 0 Å². The molecule has 1 unspecified atom stereocenters. The summed E-state index contributed by atoms with van der Waals surface area (Å²) < 4.78 is 13.8. The van der Waals surface area contributed by atoms with Crippen LogP contribution in [-0.4, -0.2) is 30.4 Å². The molecule has 1 atom stereocenters. The molecular formula is C19H20ClFN2O. The van der Waals surface area contributed by atoms with Crippen LogP contribution in [-0.2, 0) is 0 Å². The molecule has 0 radical (unpaired) electrons. The van der Waals surface area contributed by atoms with Gasteiger partial charge in [0.2, 0.25) is 0 Å². The molecule has 1 saturated heterocycles. The lowest BCUT2D eigenvalue weighted by Gasteiger charge is -2.28. The molecule has 3 rings (SSSR count).